The Bertz CT molecular complexity index is 485. The van der Waals surface area contributed by atoms with Crippen molar-refractivity contribution in [3.8, 4) is 0 Å². The molecule has 0 unspecified atom stereocenters. The first kappa shape index (κ1) is 16.2. The van der Waals surface area contributed by atoms with Gasteiger partial charge in [0.05, 0.1) is 0 Å². The van der Waals surface area contributed by atoms with Crippen LogP contribution in [0, 0.1) is 20.8 Å². The SMILES string of the molecule is CCCC[C@H](NC(=O)c1c(C)cc(C)cc1C)C(=O)O. The maximum Gasteiger partial charge on any atom is 0.326 e. The van der Waals surface area contributed by atoms with Crippen molar-refractivity contribution in [2.45, 2.75) is 53.0 Å². The molecule has 4 heteroatoms. The molecule has 0 saturated heterocycles. The highest BCUT2D eigenvalue weighted by Gasteiger charge is 2.21. The molecule has 0 aromatic heterocycles. The van der Waals surface area contributed by atoms with Gasteiger partial charge in [-0.2, -0.15) is 0 Å². The van der Waals surface area contributed by atoms with E-state index in [1.165, 1.54) is 0 Å². The third kappa shape index (κ3) is 4.08. The van der Waals surface area contributed by atoms with Crippen LogP contribution in [-0.2, 0) is 4.79 Å². The Morgan fingerprint density at radius 1 is 1.20 bits per heavy atom. The largest absolute Gasteiger partial charge is 0.480 e. The Hall–Kier alpha value is -1.84. The molecule has 0 fully saturated rings. The van der Waals surface area contributed by atoms with Crippen molar-refractivity contribution in [1.82, 2.24) is 5.32 Å². The fraction of sp³-hybridized carbons (Fsp3) is 0.500. The van der Waals surface area contributed by atoms with Gasteiger partial charge in [-0.25, -0.2) is 4.79 Å². The molecule has 1 aromatic carbocycles. The Kier molecular flexibility index (Phi) is 5.74. The van der Waals surface area contributed by atoms with E-state index in [0.717, 1.165) is 29.5 Å². The van der Waals surface area contributed by atoms with Crippen LogP contribution >= 0.6 is 0 Å². The van der Waals surface area contributed by atoms with Gasteiger partial charge in [-0.1, -0.05) is 37.5 Å². The number of benzene rings is 1. The van der Waals surface area contributed by atoms with Gasteiger partial charge in [-0.3, -0.25) is 4.79 Å². The van der Waals surface area contributed by atoms with Gasteiger partial charge in [0, 0.05) is 5.56 Å². The summed E-state index contributed by atoms with van der Waals surface area (Å²) in [4.78, 5) is 23.5. The molecule has 0 bridgehead atoms. The fourth-order valence-corrected chi connectivity index (χ4v) is 2.43. The number of hydrogen-bond acceptors (Lipinski definition) is 2. The van der Waals surface area contributed by atoms with Crippen molar-refractivity contribution < 1.29 is 14.7 Å². The van der Waals surface area contributed by atoms with Crippen molar-refractivity contribution in [2.24, 2.45) is 0 Å². The van der Waals surface area contributed by atoms with Crippen LogP contribution in [-0.4, -0.2) is 23.0 Å². The lowest BCUT2D eigenvalue weighted by molar-refractivity contribution is -0.139. The van der Waals surface area contributed by atoms with Crippen LogP contribution in [0.25, 0.3) is 0 Å². The summed E-state index contributed by atoms with van der Waals surface area (Å²) in [6.07, 6.45) is 2.15. The molecule has 1 atom stereocenters. The molecular weight excluding hydrogens is 254 g/mol. The summed E-state index contributed by atoms with van der Waals surface area (Å²) in [6, 6.07) is 3.05. The molecule has 0 aliphatic heterocycles. The quantitative estimate of drug-likeness (QED) is 0.840. The second-order valence-corrected chi connectivity index (χ2v) is 5.28. The summed E-state index contributed by atoms with van der Waals surface area (Å²) < 4.78 is 0. The van der Waals surface area contributed by atoms with Gasteiger partial charge in [0.2, 0.25) is 0 Å². The number of hydrogen-bond donors (Lipinski definition) is 2. The van der Waals surface area contributed by atoms with E-state index in [0.29, 0.717) is 12.0 Å². The minimum Gasteiger partial charge on any atom is -0.480 e. The Balaban J connectivity index is 2.92. The molecule has 0 saturated carbocycles. The highest BCUT2D eigenvalue weighted by atomic mass is 16.4. The maximum atomic E-state index is 12.3. The number of carboxylic acid groups (broad SMARTS) is 1. The molecule has 1 aromatic rings. The summed E-state index contributed by atoms with van der Waals surface area (Å²) in [7, 11) is 0. The number of aryl methyl sites for hydroxylation is 3. The monoisotopic (exact) mass is 277 g/mol. The van der Waals surface area contributed by atoms with Gasteiger partial charge >= 0.3 is 5.97 Å². The van der Waals surface area contributed by atoms with E-state index in [4.69, 9.17) is 5.11 Å². The highest BCUT2D eigenvalue weighted by Crippen LogP contribution is 2.16. The number of aliphatic carboxylic acids is 1. The molecule has 0 aliphatic rings. The second-order valence-electron chi connectivity index (χ2n) is 5.28. The molecule has 1 amide bonds. The Labute approximate surface area is 120 Å². The predicted molar refractivity (Wildman–Crippen MR) is 79.1 cm³/mol. The Morgan fingerprint density at radius 2 is 1.75 bits per heavy atom. The molecule has 0 heterocycles. The first-order valence-electron chi connectivity index (χ1n) is 6.98. The van der Waals surface area contributed by atoms with Crippen molar-refractivity contribution >= 4 is 11.9 Å². The Morgan fingerprint density at radius 3 is 2.20 bits per heavy atom. The zero-order valence-corrected chi connectivity index (χ0v) is 12.6. The molecular formula is C16H23NO3. The number of carbonyl (C=O) groups excluding carboxylic acids is 1. The zero-order valence-electron chi connectivity index (χ0n) is 12.6. The van der Waals surface area contributed by atoms with Gasteiger partial charge in [-0.15, -0.1) is 0 Å². The molecule has 2 N–H and O–H groups in total. The standard InChI is InChI=1S/C16H23NO3/c1-5-6-7-13(16(19)20)17-15(18)14-11(3)8-10(2)9-12(14)4/h8-9,13H,5-7H2,1-4H3,(H,17,18)(H,19,20)/t13-/m0/s1. The average Bonchev–Trinajstić information content (AvgIpc) is 2.32. The second kappa shape index (κ2) is 7.08. The van der Waals surface area contributed by atoms with Gasteiger partial charge in [-0.05, 0) is 38.3 Å². The van der Waals surface area contributed by atoms with E-state index in [1.807, 2.05) is 39.8 Å². The first-order valence-corrected chi connectivity index (χ1v) is 6.98. The van der Waals surface area contributed by atoms with Gasteiger partial charge < -0.3 is 10.4 Å². The van der Waals surface area contributed by atoms with Gasteiger partial charge in [0.1, 0.15) is 6.04 Å². The molecule has 1 rings (SSSR count). The molecule has 110 valence electrons. The van der Waals surface area contributed by atoms with Crippen LogP contribution in [0.3, 0.4) is 0 Å². The summed E-state index contributed by atoms with van der Waals surface area (Å²) in [5.41, 5.74) is 3.43. The van der Waals surface area contributed by atoms with Crippen LogP contribution in [0.15, 0.2) is 12.1 Å². The van der Waals surface area contributed by atoms with Crippen LogP contribution < -0.4 is 5.32 Å². The molecule has 0 aliphatic carbocycles. The van der Waals surface area contributed by atoms with E-state index < -0.39 is 12.0 Å². The van der Waals surface area contributed by atoms with Crippen LogP contribution in [0.1, 0.15) is 53.2 Å². The number of nitrogens with one attached hydrogen (secondary N) is 1. The maximum absolute atomic E-state index is 12.3. The topological polar surface area (TPSA) is 66.4 Å². The lowest BCUT2D eigenvalue weighted by Gasteiger charge is -2.16. The van der Waals surface area contributed by atoms with E-state index in [2.05, 4.69) is 5.32 Å². The minimum absolute atomic E-state index is 0.302. The summed E-state index contributed by atoms with van der Waals surface area (Å²) >= 11 is 0. The van der Waals surface area contributed by atoms with Crippen LogP contribution in [0.4, 0.5) is 0 Å². The highest BCUT2D eigenvalue weighted by molar-refractivity contribution is 5.99. The van der Waals surface area contributed by atoms with Crippen molar-refractivity contribution in [3.63, 3.8) is 0 Å². The van der Waals surface area contributed by atoms with Crippen molar-refractivity contribution in [2.75, 3.05) is 0 Å². The summed E-state index contributed by atoms with van der Waals surface area (Å²) in [5, 5.41) is 11.8. The minimum atomic E-state index is -0.978. The third-order valence-electron chi connectivity index (χ3n) is 3.35. The van der Waals surface area contributed by atoms with E-state index in [9.17, 15) is 9.59 Å². The van der Waals surface area contributed by atoms with E-state index in [1.54, 1.807) is 0 Å². The van der Waals surface area contributed by atoms with Crippen LogP contribution in [0.2, 0.25) is 0 Å². The van der Waals surface area contributed by atoms with Gasteiger partial charge in [0.15, 0.2) is 0 Å². The third-order valence-corrected chi connectivity index (χ3v) is 3.35. The summed E-state index contributed by atoms with van der Waals surface area (Å²) in [6.45, 7) is 7.71. The lowest BCUT2D eigenvalue weighted by atomic mass is 9.98. The van der Waals surface area contributed by atoms with E-state index in [-0.39, 0.29) is 5.91 Å². The molecule has 4 nitrogen and oxygen atoms in total. The molecule has 20 heavy (non-hydrogen) atoms. The van der Waals surface area contributed by atoms with Crippen molar-refractivity contribution in [1.29, 1.82) is 0 Å². The fourth-order valence-electron chi connectivity index (χ4n) is 2.43. The number of rotatable bonds is 6. The summed E-state index contributed by atoms with van der Waals surface area (Å²) in [5.74, 6) is -1.28. The van der Waals surface area contributed by atoms with Gasteiger partial charge in [0.25, 0.3) is 5.91 Å². The molecule has 0 radical (unpaired) electrons. The van der Waals surface area contributed by atoms with Crippen molar-refractivity contribution in [3.05, 3.63) is 34.4 Å². The van der Waals surface area contributed by atoms with E-state index >= 15 is 0 Å². The number of carboxylic acids is 1. The number of carbonyl (C=O) groups is 2. The number of unbranched alkanes of at least 4 members (excludes halogenated alkanes) is 1. The lowest BCUT2D eigenvalue weighted by Crippen LogP contribution is -2.41. The average molecular weight is 277 g/mol. The smallest absolute Gasteiger partial charge is 0.326 e. The first-order chi connectivity index (χ1) is 9.36. The normalized spacial score (nSPS) is 12.0. The molecule has 0 spiro atoms. The predicted octanol–water partition coefficient (Wildman–Crippen LogP) is 2.99. The number of amides is 1. The zero-order chi connectivity index (χ0) is 15.3. The van der Waals surface area contributed by atoms with Crippen LogP contribution in [0.5, 0.6) is 0 Å².